The molecule has 3 rings (SSSR count). The first-order chi connectivity index (χ1) is 12.5. The maximum atomic E-state index is 12.7. The number of ether oxygens (including phenoxy) is 2. The van der Waals surface area contributed by atoms with E-state index in [-0.39, 0.29) is 23.8 Å². The fraction of sp³-hybridized carbons (Fsp3) is 0.278. The van der Waals surface area contributed by atoms with Crippen molar-refractivity contribution < 1.29 is 19.1 Å². The number of hydrogen-bond donors (Lipinski definition) is 2. The number of rotatable bonds is 6. The predicted octanol–water partition coefficient (Wildman–Crippen LogP) is 1.73. The summed E-state index contributed by atoms with van der Waals surface area (Å²) in [4.78, 5) is 32.2. The van der Waals surface area contributed by atoms with Gasteiger partial charge in [-0.3, -0.25) is 10.2 Å². The molecule has 8 heteroatoms. The zero-order valence-corrected chi connectivity index (χ0v) is 14.8. The van der Waals surface area contributed by atoms with E-state index >= 15 is 0 Å². The highest BCUT2D eigenvalue weighted by molar-refractivity contribution is 6.26. The fourth-order valence-corrected chi connectivity index (χ4v) is 2.49. The lowest BCUT2D eigenvalue weighted by Crippen LogP contribution is -2.34. The molecule has 2 aromatic rings. The molecule has 0 aliphatic carbocycles. The maximum Gasteiger partial charge on any atom is 0.347 e. The third-order valence-electron chi connectivity index (χ3n) is 3.91. The summed E-state index contributed by atoms with van der Waals surface area (Å²) >= 11 is 0. The number of ketones is 1. The molecule has 0 fully saturated rings. The van der Waals surface area contributed by atoms with E-state index in [1.54, 1.807) is 43.5 Å². The van der Waals surface area contributed by atoms with Crippen molar-refractivity contribution in [3.63, 3.8) is 0 Å². The SMILES string of the molecule is CCOC(=O)C1=C(NN(C)CC)OC(=Cc2c[nH]c3ncccc23)C1=O. The smallest absolute Gasteiger partial charge is 0.347 e. The van der Waals surface area contributed by atoms with Gasteiger partial charge in [0.2, 0.25) is 11.7 Å². The molecule has 8 nitrogen and oxygen atoms in total. The number of pyridine rings is 1. The summed E-state index contributed by atoms with van der Waals surface area (Å²) in [5.41, 5.74) is 4.20. The first-order valence-corrected chi connectivity index (χ1v) is 8.30. The number of fused-ring (bicyclic) bond motifs is 1. The lowest BCUT2D eigenvalue weighted by Gasteiger charge is -2.17. The quantitative estimate of drug-likeness (QED) is 0.352. The van der Waals surface area contributed by atoms with Gasteiger partial charge in [0, 0.05) is 36.9 Å². The third-order valence-corrected chi connectivity index (χ3v) is 3.91. The molecule has 0 radical (unpaired) electrons. The summed E-state index contributed by atoms with van der Waals surface area (Å²) in [6, 6.07) is 3.69. The molecule has 0 saturated heterocycles. The summed E-state index contributed by atoms with van der Waals surface area (Å²) in [5.74, 6) is -1.12. The van der Waals surface area contributed by atoms with E-state index in [0.29, 0.717) is 12.2 Å². The maximum absolute atomic E-state index is 12.7. The van der Waals surface area contributed by atoms with Crippen molar-refractivity contribution >= 4 is 28.9 Å². The number of aromatic amines is 1. The standard InChI is InChI=1S/C18H20N4O4/c1-4-22(3)21-17-14(18(24)25-5-2)15(23)13(26-17)9-11-10-20-16-12(11)7-6-8-19-16/h6-10,21H,4-5H2,1-3H3,(H,19,20). The minimum atomic E-state index is -0.714. The van der Waals surface area contributed by atoms with Gasteiger partial charge in [-0.25, -0.2) is 14.8 Å². The van der Waals surface area contributed by atoms with Gasteiger partial charge in [0.1, 0.15) is 5.65 Å². The summed E-state index contributed by atoms with van der Waals surface area (Å²) in [6.45, 7) is 4.41. The van der Waals surface area contributed by atoms with Gasteiger partial charge in [0.15, 0.2) is 11.3 Å². The number of carbonyl (C=O) groups is 2. The van der Waals surface area contributed by atoms with E-state index in [9.17, 15) is 9.59 Å². The van der Waals surface area contributed by atoms with Gasteiger partial charge in [-0.05, 0) is 25.1 Å². The van der Waals surface area contributed by atoms with Crippen LogP contribution in [0.25, 0.3) is 17.1 Å². The Morgan fingerprint density at radius 2 is 2.27 bits per heavy atom. The molecule has 136 valence electrons. The van der Waals surface area contributed by atoms with Gasteiger partial charge in [-0.2, -0.15) is 0 Å². The Kier molecular flexibility index (Phi) is 5.04. The number of hydrogen-bond acceptors (Lipinski definition) is 7. The van der Waals surface area contributed by atoms with Crippen LogP contribution in [-0.4, -0.2) is 46.9 Å². The normalized spacial score (nSPS) is 15.8. The second-order valence-electron chi connectivity index (χ2n) is 5.63. The number of carbonyl (C=O) groups excluding carboxylic acids is 2. The summed E-state index contributed by atoms with van der Waals surface area (Å²) in [6.07, 6.45) is 4.99. The summed E-state index contributed by atoms with van der Waals surface area (Å²) in [7, 11) is 1.77. The van der Waals surface area contributed by atoms with Crippen LogP contribution in [0.2, 0.25) is 0 Å². The number of allylic oxidation sites excluding steroid dienone is 1. The molecule has 0 aromatic carbocycles. The van der Waals surface area contributed by atoms with Crippen molar-refractivity contribution in [1.82, 2.24) is 20.4 Å². The average molecular weight is 356 g/mol. The van der Waals surface area contributed by atoms with Crippen LogP contribution in [0.1, 0.15) is 19.4 Å². The Morgan fingerprint density at radius 1 is 1.46 bits per heavy atom. The van der Waals surface area contributed by atoms with E-state index in [2.05, 4.69) is 15.4 Å². The van der Waals surface area contributed by atoms with Gasteiger partial charge >= 0.3 is 5.97 Å². The van der Waals surface area contributed by atoms with Crippen LogP contribution in [0, 0.1) is 0 Å². The number of aromatic nitrogens is 2. The highest BCUT2D eigenvalue weighted by Crippen LogP contribution is 2.28. The van der Waals surface area contributed by atoms with Crippen LogP contribution in [0.5, 0.6) is 0 Å². The second-order valence-corrected chi connectivity index (χ2v) is 5.63. The highest BCUT2D eigenvalue weighted by Gasteiger charge is 2.37. The summed E-state index contributed by atoms with van der Waals surface area (Å²) < 4.78 is 10.6. The predicted molar refractivity (Wildman–Crippen MR) is 95.3 cm³/mol. The molecule has 2 N–H and O–H groups in total. The lowest BCUT2D eigenvalue weighted by atomic mass is 10.1. The van der Waals surface area contributed by atoms with Crippen LogP contribution < -0.4 is 5.43 Å². The first-order valence-electron chi connectivity index (χ1n) is 8.30. The van der Waals surface area contributed by atoms with Gasteiger partial charge in [-0.1, -0.05) is 6.92 Å². The van der Waals surface area contributed by atoms with Crippen molar-refractivity contribution in [3.05, 3.63) is 47.3 Å². The third kappa shape index (κ3) is 3.31. The Bertz CT molecular complexity index is 913. The molecule has 26 heavy (non-hydrogen) atoms. The zero-order valence-electron chi connectivity index (χ0n) is 14.8. The molecule has 1 aliphatic heterocycles. The fourth-order valence-electron chi connectivity index (χ4n) is 2.49. The van der Waals surface area contributed by atoms with Crippen LogP contribution in [0.15, 0.2) is 41.7 Å². The Morgan fingerprint density at radius 3 is 3.00 bits per heavy atom. The van der Waals surface area contributed by atoms with E-state index in [1.165, 1.54) is 0 Å². The molecular formula is C18H20N4O4. The van der Waals surface area contributed by atoms with Gasteiger partial charge in [-0.15, -0.1) is 0 Å². The number of H-pyrrole nitrogens is 1. The molecule has 0 atom stereocenters. The Labute approximate surface area is 150 Å². The van der Waals surface area contributed by atoms with E-state index in [4.69, 9.17) is 9.47 Å². The number of nitrogens with one attached hydrogen (secondary N) is 2. The van der Waals surface area contributed by atoms with Gasteiger partial charge in [0.05, 0.1) is 6.61 Å². The number of hydrazine groups is 1. The Balaban J connectivity index is 1.96. The first kappa shape index (κ1) is 17.7. The molecule has 0 bridgehead atoms. The van der Waals surface area contributed by atoms with Crippen molar-refractivity contribution in [2.24, 2.45) is 0 Å². The molecule has 0 unspecified atom stereocenters. The largest absolute Gasteiger partial charge is 0.462 e. The minimum Gasteiger partial charge on any atom is -0.462 e. The van der Waals surface area contributed by atoms with Crippen molar-refractivity contribution in [1.29, 1.82) is 0 Å². The monoisotopic (exact) mass is 356 g/mol. The molecular weight excluding hydrogens is 336 g/mol. The van der Waals surface area contributed by atoms with Gasteiger partial charge in [0.25, 0.3) is 0 Å². The molecule has 0 spiro atoms. The average Bonchev–Trinajstić information content (AvgIpc) is 3.17. The van der Waals surface area contributed by atoms with E-state index in [0.717, 1.165) is 10.9 Å². The van der Waals surface area contributed by atoms with Crippen LogP contribution in [0.4, 0.5) is 0 Å². The number of Topliss-reactive ketones (excluding diaryl/α,β-unsaturated/α-hetero) is 1. The van der Waals surface area contributed by atoms with Crippen LogP contribution >= 0.6 is 0 Å². The summed E-state index contributed by atoms with van der Waals surface area (Å²) in [5, 5.41) is 2.54. The molecule has 3 heterocycles. The lowest BCUT2D eigenvalue weighted by molar-refractivity contribution is -0.139. The van der Waals surface area contributed by atoms with Gasteiger partial charge < -0.3 is 14.5 Å². The number of nitrogens with zero attached hydrogens (tertiary/aromatic N) is 2. The second kappa shape index (κ2) is 7.40. The van der Waals surface area contributed by atoms with E-state index < -0.39 is 11.8 Å². The minimum absolute atomic E-state index is 0.0461. The van der Waals surface area contributed by atoms with E-state index in [1.807, 2.05) is 13.0 Å². The highest BCUT2D eigenvalue weighted by atomic mass is 16.5. The Hall–Kier alpha value is -3.13. The zero-order chi connectivity index (χ0) is 18.7. The molecule has 2 aromatic heterocycles. The van der Waals surface area contributed by atoms with Crippen molar-refractivity contribution in [3.8, 4) is 0 Å². The molecule has 0 amide bonds. The van der Waals surface area contributed by atoms with Crippen molar-refractivity contribution in [2.75, 3.05) is 20.2 Å². The van der Waals surface area contributed by atoms with Crippen LogP contribution in [0.3, 0.4) is 0 Å². The van der Waals surface area contributed by atoms with Crippen LogP contribution in [-0.2, 0) is 19.1 Å². The molecule has 1 aliphatic rings. The van der Waals surface area contributed by atoms with Crippen molar-refractivity contribution in [2.45, 2.75) is 13.8 Å². The number of esters is 1. The molecule has 0 saturated carbocycles. The topological polar surface area (TPSA) is 96.6 Å².